The molecule has 0 radical (unpaired) electrons. The largest absolute Gasteiger partial charge is 0.471 e. The monoisotopic (exact) mass is 272 g/mol. The number of halogens is 1. The maximum Gasteiger partial charge on any atom is 0.367 e. The standard InChI is InChI=1S/C10H13ClN4O3/c11-9-8(15(16)17)10(13-7-12-9)18-6-5-14-3-1-2-4-14/h7H,1-6H2. The molecule has 1 aromatic heterocycles. The highest BCUT2D eigenvalue weighted by atomic mass is 35.5. The Labute approximate surface area is 109 Å². The summed E-state index contributed by atoms with van der Waals surface area (Å²) in [6.45, 7) is 3.19. The van der Waals surface area contributed by atoms with Gasteiger partial charge in [0.05, 0.1) is 4.92 Å². The van der Waals surface area contributed by atoms with Crippen LogP contribution in [0.25, 0.3) is 0 Å². The molecular weight excluding hydrogens is 260 g/mol. The van der Waals surface area contributed by atoms with Crippen molar-refractivity contribution in [3.63, 3.8) is 0 Å². The Kier molecular flexibility index (Phi) is 4.27. The highest BCUT2D eigenvalue weighted by Crippen LogP contribution is 2.30. The molecule has 1 aliphatic rings. The van der Waals surface area contributed by atoms with E-state index in [1.807, 2.05) is 0 Å². The molecule has 8 heteroatoms. The summed E-state index contributed by atoms with van der Waals surface area (Å²) in [5.74, 6) is -0.0702. The maximum absolute atomic E-state index is 10.8. The lowest BCUT2D eigenvalue weighted by atomic mass is 10.4. The van der Waals surface area contributed by atoms with Crippen molar-refractivity contribution in [1.82, 2.24) is 14.9 Å². The molecule has 0 aromatic carbocycles. The molecule has 1 fully saturated rings. The second kappa shape index (κ2) is 5.92. The average molecular weight is 273 g/mol. The SMILES string of the molecule is O=[N+]([O-])c1c(Cl)ncnc1OCCN1CCCC1. The number of aromatic nitrogens is 2. The molecule has 98 valence electrons. The van der Waals surface area contributed by atoms with E-state index in [1.165, 1.54) is 12.8 Å². The van der Waals surface area contributed by atoms with E-state index >= 15 is 0 Å². The minimum atomic E-state index is -0.631. The second-order valence-corrected chi connectivity index (χ2v) is 4.33. The number of hydrogen-bond donors (Lipinski definition) is 0. The Morgan fingerprint density at radius 2 is 2.17 bits per heavy atom. The predicted octanol–water partition coefficient (Wildman–Crippen LogP) is 1.51. The fraction of sp³-hybridized carbons (Fsp3) is 0.600. The van der Waals surface area contributed by atoms with Crippen LogP contribution in [0.1, 0.15) is 12.8 Å². The van der Waals surface area contributed by atoms with Gasteiger partial charge in [0.15, 0.2) is 0 Å². The first kappa shape index (κ1) is 13.0. The van der Waals surface area contributed by atoms with Crippen molar-refractivity contribution in [2.45, 2.75) is 12.8 Å². The first-order chi connectivity index (χ1) is 8.68. The van der Waals surface area contributed by atoms with Crippen molar-refractivity contribution in [2.75, 3.05) is 26.2 Å². The number of likely N-dealkylation sites (tertiary alicyclic amines) is 1. The van der Waals surface area contributed by atoms with Gasteiger partial charge < -0.3 is 4.74 Å². The van der Waals surface area contributed by atoms with E-state index in [4.69, 9.17) is 16.3 Å². The summed E-state index contributed by atoms with van der Waals surface area (Å²) in [7, 11) is 0. The summed E-state index contributed by atoms with van der Waals surface area (Å²) >= 11 is 5.65. The van der Waals surface area contributed by atoms with Crippen LogP contribution in [0.2, 0.25) is 5.15 Å². The molecule has 18 heavy (non-hydrogen) atoms. The van der Waals surface area contributed by atoms with Crippen molar-refractivity contribution < 1.29 is 9.66 Å². The zero-order valence-electron chi connectivity index (χ0n) is 9.71. The summed E-state index contributed by atoms with van der Waals surface area (Å²) in [5, 5.41) is 10.6. The zero-order chi connectivity index (χ0) is 13.0. The van der Waals surface area contributed by atoms with Crippen LogP contribution in [-0.4, -0.2) is 46.0 Å². The Balaban J connectivity index is 1.96. The van der Waals surface area contributed by atoms with E-state index in [1.54, 1.807) is 0 Å². The molecule has 0 atom stereocenters. The van der Waals surface area contributed by atoms with Crippen LogP contribution in [0.5, 0.6) is 5.88 Å². The van der Waals surface area contributed by atoms with E-state index in [-0.39, 0.29) is 16.7 Å². The summed E-state index contributed by atoms with van der Waals surface area (Å²) < 4.78 is 5.32. The fourth-order valence-corrected chi connectivity index (χ4v) is 2.07. The summed E-state index contributed by atoms with van der Waals surface area (Å²) in [6.07, 6.45) is 3.54. The normalized spacial score (nSPS) is 15.8. The Hall–Kier alpha value is -1.47. The Bertz CT molecular complexity index is 437. The van der Waals surface area contributed by atoms with Gasteiger partial charge in [0.25, 0.3) is 5.88 Å². The highest BCUT2D eigenvalue weighted by molar-refractivity contribution is 6.31. The number of rotatable bonds is 5. The van der Waals surface area contributed by atoms with Crippen molar-refractivity contribution in [3.05, 3.63) is 21.6 Å². The molecule has 0 saturated carbocycles. The zero-order valence-corrected chi connectivity index (χ0v) is 10.5. The van der Waals surface area contributed by atoms with Gasteiger partial charge in [0.2, 0.25) is 5.15 Å². The summed E-state index contributed by atoms with van der Waals surface area (Å²) in [6, 6.07) is 0. The van der Waals surface area contributed by atoms with E-state index in [2.05, 4.69) is 14.9 Å². The van der Waals surface area contributed by atoms with E-state index in [9.17, 15) is 10.1 Å². The summed E-state index contributed by atoms with van der Waals surface area (Å²) in [4.78, 5) is 19.7. The lowest BCUT2D eigenvalue weighted by Crippen LogP contribution is -2.25. The maximum atomic E-state index is 10.8. The predicted molar refractivity (Wildman–Crippen MR) is 64.9 cm³/mol. The van der Waals surface area contributed by atoms with Crippen molar-refractivity contribution in [1.29, 1.82) is 0 Å². The second-order valence-electron chi connectivity index (χ2n) is 3.97. The topological polar surface area (TPSA) is 81.4 Å². The fourth-order valence-electron chi connectivity index (χ4n) is 1.88. The molecular formula is C10H13ClN4O3. The van der Waals surface area contributed by atoms with Gasteiger partial charge in [0.1, 0.15) is 12.9 Å². The average Bonchev–Trinajstić information content (AvgIpc) is 2.81. The third kappa shape index (κ3) is 3.05. The van der Waals surface area contributed by atoms with Crippen LogP contribution >= 0.6 is 11.6 Å². The van der Waals surface area contributed by atoms with Gasteiger partial charge in [-0.1, -0.05) is 11.6 Å². The molecule has 2 rings (SSSR count). The third-order valence-corrected chi connectivity index (χ3v) is 3.05. The van der Waals surface area contributed by atoms with Crippen LogP contribution in [0.15, 0.2) is 6.33 Å². The first-order valence-corrected chi connectivity index (χ1v) is 6.06. The van der Waals surface area contributed by atoms with Crippen molar-refractivity contribution in [2.24, 2.45) is 0 Å². The Morgan fingerprint density at radius 3 is 2.83 bits per heavy atom. The van der Waals surface area contributed by atoms with Crippen molar-refractivity contribution in [3.8, 4) is 5.88 Å². The van der Waals surface area contributed by atoms with Crippen LogP contribution in [0.3, 0.4) is 0 Å². The number of nitro groups is 1. The molecule has 1 saturated heterocycles. The van der Waals surface area contributed by atoms with Gasteiger partial charge >= 0.3 is 5.69 Å². The molecule has 0 aliphatic carbocycles. The molecule has 0 spiro atoms. The van der Waals surface area contributed by atoms with Gasteiger partial charge in [-0.05, 0) is 25.9 Å². The van der Waals surface area contributed by atoms with E-state index in [0.717, 1.165) is 26.0 Å². The van der Waals surface area contributed by atoms with Gasteiger partial charge in [-0.15, -0.1) is 0 Å². The summed E-state index contributed by atoms with van der Waals surface area (Å²) in [5.41, 5.74) is -0.374. The Morgan fingerprint density at radius 1 is 1.44 bits per heavy atom. The molecule has 1 aromatic rings. The molecule has 0 N–H and O–H groups in total. The third-order valence-electron chi connectivity index (χ3n) is 2.77. The quantitative estimate of drug-likeness (QED) is 0.459. The van der Waals surface area contributed by atoms with Gasteiger partial charge in [-0.25, -0.2) is 4.98 Å². The van der Waals surface area contributed by atoms with Crippen LogP contribution in [-0.2, 0) is 0 Å². The minimum absolute atomic E-state index is 0.0702. The molecule has 0 bridgehead atoms. The lowest BCUT2D eigenvalue weighted by molar-refractivity contribution is -0.386. The molecule has 7 nitrogen and oxygen atoms in total. The van der Waals surface area contributed by atoms with Gasteiger partial charge in [0, 0.05) is 6.54 Å². The molecule has 0 unspecified atom stereocenters. The van der Waals surface area contributed by atoms with Crippen LogP contribution < -0.4 is 4.74 Å². The molecule has 1 aliphatic heterocycles. The lowest BCUT2D eigenvalue weighted by Gasteiger charge is -2.14. The van der Waals surface area contributed by atoms with E-state index < -0.39 is 4.92 Å². The number of nitrogens with zero attached hydrogens (tertiary/aromatic N) is 4. The molecule has 2 heterocycles. The molecule has 0 amide bonds. The number of hydrogen-bond acceptors (Lipinski definition) is 6. The number of ether oxygens (including phenoxy) is 1. The first-order valence-electron chi connectivity index (χ1n) is 5.68. The van der Waals surface area contributed by atoms with Crippen molar-refractivity contribution >= 4 is 17.3 Å². The van der Waals surface area contributed by atoms with Crippen LogP contribution in [0.4, 0.5) is 5.69 Å². The van der Waals surface area contributed by atoms with Gasteiger partial charge in [-0.2, -0.15) is 4.98 Å². The highest BCUT2D eigenvalue weighted by Gasteiger charge is 2.23. The smallest absolute Gasteiger partial charge is 0.367 e. The van der Waals surface area contributed by atoms with E-state index in [0.29, 0.717) is 6.61 Å². The minimum Gasteiger partial charge on any atom is -0.471 e. The van der Waals surface area contributed by atoms with Crippen LogP contribution in [0, 0.1) is 10.1 Å². The van der Waals surface area contributed by atoms with Gasteiger partial charge in [-0.3, -0.25) is 15.0 Å².